The van der Waals surface area contributed by atoms with Gasteiger partial charge < -0.3 is 10.6 Å². The van der Waals surface area contributed by atoms with Gasteiger partial charge in [-0.05, 0) is 24.6 Å². The first-order valence-corrected chi connectivity index (χ1v) is 7.37. The summed E-state index contributed by atoms with van der Waals surface area (Å²) in [5.74, 6) is -0.357. The average Bonchev–Trinajstić information content (AvgIpc) is 2.50. The van der Waals surface area contributed by atoms with Gasteiger partial charge in [0.25, 0.3) is 5.69 Å². The number of amides is 1. The number of rotatable bonds is 5. The number of carbonyl (C=O) groups is 1. The van der Waals surface area contributed by atoms with Crippen molar-refractivity contribution in [1.82, 2.24) is 0 Å². The summed E-state index contributed by atoms with van der Waals surface area (Å²) in [6.07, 6.45) is 0. The number of nitrogens with zero attached hydrogens (tertiary/aromatic N) is 1. The molecule has 2 N–H and O–H groups in total. The quantitative estimate of drug-likeness (QED) is 0.621. The van der Waals surface area contributed by atoms with Gasteiger partial charge >= 0.3 is 0 Å². The van der Waals surface area contributed by atoms with Gasteiger partial charge in [-0.3, -0.25) is 14.9 Å². The monoisotopic (exact) mass is 353 g/mol. The first-order chi connectivity index (χ1) is 10.9. The Balaban J connectivity index is 2.04. The lowest BCUT2D eigenvalue weighted by molar-refractivity contribution is -0.384. The van der Waals surface area contributed by atoms with Crippen molar-refractivity contribution in [2.75, 3.05) is 17.2 Å². The molecule has 0 fully saturated rings. The molecule has 0 radical (unpaired) electrons. The Hall–Kier alpha value is -2.31. The van der Waals surface area contributed by atoms with Gasteiger partial charge in [0.2, 0.25) is 5.91 Å². The lowest BCUT2D eigenvalue weighted by atomic mass is 10.2. The van der Waals surface area contributed by atoms with Crippen molar-refractivity contribution in [1.29, 1.82) is 0 Å². The highest BCUT2D eigenvalue weighted by atomic mass is 35.5. The first kappa shape index (κ1) is 17.1. The molecular weight excluding hydrogens is 341 g/mol. The van der Waals surface area contributed by atoms with Gasteiger partial charge in [0, 0.05) is 12.1 Å². The highest BCUT2D eigenvalue weighted by Crippen LogP contribution is 2.29. The van der Waals surface area contributed by atoms with Crippen molar-refractivity contribution in [2.24, 2.45) is 0 Å². The standard InChI is InChI=1S/C15H13Cl2N3O3/c1-9-5-6-10(20(22)23)7-13(9)19-14(21)8-18-12-4-2-3-11(16)15(12)17/h2-7,18H,8H2,1H3,(H,19,21). The molecule has 0 spiro atoms. The number of aryl methyl sites for hydroxylation is 1. The van der Waals surface area contributed by atoms with Crippen molar-refractivity contribution in [3.8, 4) is 0 Å². The van der Waals surface area contributed by atoms with Crippen LogP contribution in [-0.4, -0.2) is 17.4 Å². The average molecular weight is 354 g/mol. The number of non-ortho nitro benzene ring substituents is 1. The minimum atomic E-state index is -0.515. The SMILES string of the molecule is Cc1ccc([N+](=O)[O-])cc1NC(=O)CNc1cccc(Cl)c1Cl. The summed E-state index contributed by atoms with van der Waals surface area (Å²) in [5.41, 5.74) is 1.56. The molecule has 2 aromatic carbocycles. The summed E-state index contributed by atoms with van der Waals surface area (Å²) in [6, 6.07) is 9.32. The molecule has 0 aliphatic heterocycles. The molecule has 0 saturated carbocycles. The second kappa shape index (κ2) is 7.30. The number of benzene rings is 2. The van der Waals surface area contributed by atoms with E-state index in [2.05, 4.69) is 10.6 Å². The van der Waals surface area contributed by atoms with E-state index < -0.39 is 4.92 Å². The molecule has 0 atom stereocenters. The van der Waals surface area contributed by atoms with Crippen LogP contribution in [0.5, 0.6) is 0 Å². The first-order valence-electron chi connectivity index (χ1n) is 6.61. The molecule has 0 bridgehead atoms. The van der Waals surface area contributed by atoms with Crippen LogP contribution < -0.4 is 10.6 Å². The zero-order valence-electron chi connectivity index (χ0n) is 12.1. The van der Waals surface area contributed by atoms with Gasteiger partial charge in [0.1, 0.15) is 0 Å². The fourth-order valence-corrected chi connectivity index (χ4v) is 2.24. The van der Waals surface area contributed by atoms with E-state index in [1.807, 2.05) is 0 Å². The normalized spacial score (nSPS) is 10.2. The Kier molecular flexibility index (Phi) is 5.41. The molecule has 6 nitrogen and oxygen atoms in total. The van der Waals surface area contributed by atoms with Crippen LogP contribution in [0, 0.1) is 17.0 Å². The molecule has 0 saturated heterocycles. The number of nitro groups is 1. The number of nitrogens with one attached hydrogen (secondary N) is 2. The van der Waals surface area contributed by atoms with Crippen LogP contribution in [0.15, 0.2) is 36.4 Å². The van der Waals surface area contributed by atoms with Crippen molar-refractivity contribution >= 4 is 46.2 Å². The third-order valence-electron chi connectivity index (χ3n) is 3.10. The van der Waals surface area contributed by atoms with E-state index in [0.717, 1.165) is 5.56 Å². The molecule has 0 heterocycles. The van der Waals surface area contributed by atoms with E-state index in [4.69, 9.17) is 23.2 Å². The van der Waals surface area contributed by atoms with E-state index in [-0.39, 0.29) is 18.1 Å². The highest BCUT2D eigenvalue weighted by Gasteiger charge is 2.11. The Labute approximate surface area is 142 Å². The number of hydrogen-bond donors (Lipinski definition) is 2. The number of hydrogen-bond acceptors (Lipinski definition) is 4. The van der Waals surface area contributed by atoms with E-state index >= 15 is 0 Å². The fraction of sp³-hybridized carbons (Fsp3) is 0.133. The molecular formula is C15H13Cl2N3O3. The molecule has 0 aliphatic rings. The maximum atomic E-state index is 12.0. The van der Waals surface area contributed by atoms with E-state index in [1.165, 1.54) is 12.1 Å². The molecule has 23 heavy (non-hydrogen) atoms. The smallest absolute Gasteiger partial charge is 0.271 e. The topological polar surface area (TPSA) is 84.3 Å². The third-order valence-corrected chi connectivity index (χ3v) is 3.92. The summed E-state index contributed by atoms with van der Waals surface area (Å²) in [7, 11) is 0. The minimum absolute atomic E-state index is 0.0534. The van der Waals surface area contributed by atoms with Gasteiger partial charge in [0.15, 0.2) is 0 Å². The van der Waals surface area contributed by atoms with Gasteiger partial charge in [-0.25, -0.2) is 0 Å². The van der Waals surface area contributed by atoms with Crippen LogP contribution in [-0.2, 0) is 4.79 Å². The molecule has 2 aromatic rings. The van der Waals surface area contributed by atoms with Crippen LogP contribution in [0.2, 0.25) is 10.0 Å². The summed E-state index contributed by atoms with van der Waals surface area (Å²) in [4.78, 5) is 22.3. The van der Waals surface area contributed by atoms with Gasteiger partial charge in [-0.2, -0.15) is 0 Å². The molecule has 8 heteroatoms. The van der Waals surface area contributed by atoms with Crippen LogP contribution >= 0.6 is 23.2 Å². The van der Waals surface area contributed by atoms with Crippen molar-refractivity contribution in [3.63, 3.8) is 0 Å². The third kappa shape index (κ3) is 4.34. The van der Waals surface area contributed by atoms with Gasteiger partial charge in [-0.15, -0.1) is 0 Å². The summed E-state index contributed by atoms with van der Waals surface area (Å²) < 4.78 is 0. The summed E-state index contributed by atoms with van der Waals surface area (Å²) >= 11 is 11.9. The van der Waals surface area contributed by atoms with Crippen molar-refractivity contribution in [3.05, 3.63) is 62.1 Å². The number of anilines is 2. The Morgan fingerprint density at radius 3 is 2.65 bits per heavy atom. The Bertz CT molecular complexity index is 766. The van der Waals surface area contributed by atoms with E-state index in [1.54, 1.807) is 31.2 Å². The Morgan fingerprint density at radius 2 is 1.96 bits per heavy atom. The molecule has 0 aliphatic carbocycles. The van der Waals surface area contributed by atoms with Crippen molar-refractivity contribution < 1.29 is 9.72 Å². The summed E-state index contributed by atoms with van der Waals surface area (Å²) in [6.45, 7) is 1.70. The molecule has 120 valence electrons. The van der Waals surface area contributed by atoms with E-state index in [0.29, 0.717) is 21.4 Å². The van der Waals surface area contributed by atoms with Crippen molar-refractivity contribution in [2.45, 2.75) is 6.92 Å². The minimum Gasteiger partial charge on any atom is -0.375 e. The molecule has 2 rings (SSSR count). The maximum absolute atomic E-state index is 12.0. The fourth-order valence-electron chi connectivity index (χ4n) is 1.87. The largest absolute Gasteiger partial charge is 0.375 e. The second-order valence-electron chi connectivity index (χ2n) is 4.76. The lowest BCUT2D eigenvalue weighted by Gasteiger charge is -2.11. The van der Waals surface area contributed by atoms with Crippen LogP contribution in [0.25, 0.3) is 0 Å². The Morgan fingerprint density at radius 1 is 1.22 bits per heavy atom. The van der Waals surface area contributed by atoms with Crippen LogP contribution in [0.3, 0.4) is 0 Å². The second-order valence-corrected chi connectivity index (χ2v) is 5.54. The van der Waals surface area contributed by atoms with Gasteiger partial charge in [-0.1, -0.05) is 35.3 Å². The molecule has 1 amide bonds. The molecule has 0 aromatic heterocycles. The van der Waals surface area contributed by atoms with Gasteiger partial charge in [0.05, 0.1) is 32.9 Å². The predicted molar refractivity (Wildman–Crippen MR) is 91.4 cm³/mol. The molecule has 0 unspecified atom stereocenters. The maximum Gasteiger partial charge on any atom is 0.271 e. The number of halogens is 2. The van der Waals surface area contributed by atoms with Crippen LogP contribution in [0.1, 0.15) is 5.56 Å². The lowest BCUT2D eigenvalue weighted by Crippen LogP contribution is -2.22. The summed E-state index contributed by atoms with van der Waals surface area (Å²) in [5, 5.41) is 17.0. The zero-order valence-corrected chi connectivity index (χ0v) is 13.6. The van der Waals surface area contributed by atoms with E-state index in [9.17, 15) is 14.9 Å². The van der Waals surface area contributed by atoms with Crippen LogP contribution in [0.4, 0.5) is 17.1 Å². The highest BCUT2D eigenvalue weighted by molar-refractivity contribution is 6.43. The number of nitro benzene ring substituents is 1. The zero-order chi connectivity index (χ0) is 17.0. The number of carbonyl (C=O) groups excluding carboxylic acids is 1. The predicted octanol–water partition coefficient (Wildman–Crippen LogP) is 4.26.